The van der Waals surface area contributed by atoms with E-state index < -0.39 is 5.97 Å². The summed E-state index contributed by atoms with van der Waals surface area (Å²) in [4.78, 5) is 11.9. The van der Waals surface area contributed by atoms with Crippen molar-refractivity contribution in [2.75, 3.05) is 12.3 Å². The highest BCUT2D eigenvalue weighted by atomic mass is 16.5. The second-order valence-corrected chi connectivity index (χ2v) is 4.34. The molecule has 0 saturated heterocycles. The third-order valence-electron chi connectivity index (χ3n) is 2.81. The van der Waals surface area contributed by atoms with E-state index in [1.54, 1.807) is 25.1 Å². The molecule has 0 fully saturated rings. The van der Waals surface area contributed by atoms with Crippen molar-refractivity contribution in [1.29, 1.82) is 0 Å². The second-order valence-electron chi connectivity index (χ2n) is 4.34. The van der Waals surface area contributed by atoms with E-state index in [0.717, 1.165) is 5.56 Å². The van der Waals surface area contributed by atoms with Gasteiger partial charge in [-0.3, -0.25) is 0 Å². The molecule has 0 heterocycles. The van der Waals surface area contributed by atoms with Crippen LogP contribution in [0.15, 0.2) is 42.5 Å². The number of ether oxygens (including phenoxy) is 2. The molecule has 104 valence electrons. The average molecular weight is 271 g/mol. The minimum atomic E-state index is -0.441. The van der Waals surface area contributed by atoms with Gasteiger partial charge >= 0.3 is 5.97 Å². The van der Waals surface area contributed by atoms with Gasteiger partial charge in [0.25, 0.3) is 0 Å². The van der Waals surface area contributed by atoms with Gasteiger partial charge in [-0.1, -0.05) is 18.2 Å². The molecule has 0 saturated carbocycles. The predicted molar refractivity (Wildman–Crippen MR) is 78.1 cm³/mol. The standard InChI is InChI=1S/C16H17NO3/c1-3-19-16(18)13-10-12(17)8-9-15(13)20-14-7-5-4-6-11(14)2/h4-10H,3,17H2,1-2H3. The van der Waals surface area contributed by atoms with Crippen molar-refractivity contribution < 1.29 is 14.3 Å². The maximum absolute atomic E-state index is 11.9. The fourth-order valence-corrected chi connectivity index (χ4v) is 1.79. The van der Waals surface area contributed by atoms with Crippen LogP contribution in [0.4, 0.5) is 5.69 Å². The van der Waals surface area contributed by atoms with Gasteiger partial charge in [0.2, 0.25) is 0 Å². The van der Waals surface area contributed by atoms with Gasteiger partial charge in [0, 0.05) is 5.69 Å². The molecule has 0 aromatic heterocycles. The number of carbonyl (C=O) groups is 1. The largest absolute Gasteiger partial charge is 0.462 e. The number of esters is 1. The summed E-state index contributed by atoms with van der Waals surface area (Å²) >= 11 is 0. The molecule has 0 radical (unpaired) electrons. The van der Waals surface area contributed by atoms with Crippen LogP contribution in [-0.2, 0) is 4.74 Å². The van der Waals surface area contributed by atoms with Gasteiger partial charge in [0.1, 0.15) is 17.1 Å². The molecule has 0 unspecified atom stereocenters. The maximum Gasteiger partial charge on any atom is 0.342 e. The van der Waals surface area contributed by atoms with Gasteiger partial charge in [-0.2, -0.15) is 0 Å². The lowest BCUT2D eigenvalue weighted by Gasteiger charge is -2.12. The Hall–Kier alpha value is -2.49. The lowest BCUT2D eigenvalue weighted by atomic mass is 10.1. The fraction of sp³-hybridized carbons (Fsp3) is 0.188. The SMILES string of the molecule is CCOC(=O)c1cc(N)ccc1Oc1ccccc1C. The molecule has 2 rings (SSSR count). The summed E-state index contributed by atoms with van der Waals surface area (Å²) in [6.45, 7) is 4.00. The Balaban J connectivity index is 2.36. The lowest BCUT2D eigenvalue weighted by molar-refractivity contribution is 0.0523. The first kappa shape index (κ1) is 13.9. The van der Waals surface area contributed by atoms with Crippen LogP contribution in [0.3, 0.4) is 0 Å². The van der Waals surface area contributed by atoms with Crippen molar-refractivity contribution in [3.05, 3.63) is 53.6 Å². The van der Waals surface area contributed by atoms with Crippen molar-refractivity contribution in [2.24, 2.45) is 0 Å². The van der Waals surface area contributed by atoms with Crippen LogP contribution in [0.1, 0.15) is 22.8 Å². The van der Waals surface area contributed by atoms with Gasteiger partial charge in [-0.15, -0.1) is 0 Å². The Bertz CT molecular complexity index is 623. The summed E-state index contributed by atoms with van der Waals surface area (Å²) in [7, 11) is 0. The number of hydrogen-bond donors (Lipinski definition) is 1. The van der Waals surface area contributed by atoms with Crippen molar-refractivity contribution in [3.8, 4) is 11.5 Å². The highest BCUT2D eigenvalue weighted by molar-refractivity contribution is 5.93. The summed E-state index contributed by atoms with van der Waals surface area (Å²) in [5.41, 5.74) is 7.53. The summed E-state index contributed by atoms with van der Waals surface area (Å²) in [5.74, 6) is 0.693. The van der Waals surface area contributed by atoms with Gasteiger partial charge in [-0.05, 0) is 43.7 Å². The van der Waals surface area contributed by atoms with E-state index in [1.165, 1.54) is 0 Å². The molecule has 4 nitrogen and oxygen atoms in total. The monoisotopic (exact) mass is 271 g/mol. The van der Waals surface area contributed by atoms with Crippen LogP contribution in [0.25, 0.3) is 0 Å². The number of hydrogen-bond acceptors (Lipinski definition) is 4. The molecular formula is C16H17NO3. The first-order valence-electron chi connectivity index (χ1n) is 6.42. The van der Waals surface area contributed by atoms with Crippen LogP contribution in [-0.4, -0.2) is 12.6 Å². The van der Waals surface area contributed by atoms with Crippen LogP contribution < -0.4 is 10.5 Å². The Labute approximate surface area is 118 Å². The minimum absolute atomic E-state index is 0.303. The summed E-state index contributed by atoms with van der Waals surface area (Å²) in [6, 6.07) is 12.5. The summed E-state index contributed by atoms with van der Waals surface area (Å²) in [6.07, 6.45) is 0. The Morgan fingerprint density at radius 1 is 1.15 bits per heavy atom. The van der Waals surface area contributed by atoms with E-state index in [9.17, 15) is 4.79 Å². The van der Waals surface area contributed by atoms with E-state index in [2.05, 4.69) is 0 Å². The number of carbonyl (C=O) groups excluding carboxylic acids is 1. The number of rotatable bonds is 4. The fourth-order valence-electron chi connectivity index (χ4n) is 1.79. The van der Waals surface area contributed by atoms with Crippen LogP contribution in [0.5, 0.6) is 11.5 Å². The Kier molecular flexibility index (Phi) is 4.25. The first-order chi connectivity index (χ1) is 9.61. The number of benzene rings is 2. The minimum Gasteiger partial charge on any atom is -0.462 e. The molecule has 20 heavy (non-hydrogen) atoms. The van der Waals surface area contributed by atoms with E-state index >= 15 is 0 Å². The van der Waals surface area contributed by atoms with Crippen LogP contribution in [0, 0.1) is 6.92 Å². The van der Waals surface area contributed by atoms with Gasteiger partial charge < -0.3 is 15.2 Å². The quantitative estimate of drug-likeness (QED) is 0.682. The van der Waals surface area contributed by atoms with Gasteiger partial charge in [0.05, 0.1) is 6.61 Å². The molecule has 4 heteroatoms. The maximum atomic E-state index is 11.9. The third kappa shape index (κ3) is 3.09. The normalized spacial score (nSPS) is 10.1. The summed E-state index contributed by atoms with van der Waals surface area (Å²) in [5, 5.41) is 0. The van der Waals surface area contributed by atoms with Gasteiger partial charge in [0.15, 0.2) is 0 Å². The highest BCUT2D eigenvalue weighted by Gasteiger charge is 2.15. The number of nitrogen functional groups attached to an aromatic ring is 1. The first-order valence-corrected chi connectivity index (χ1v) is 6.42. The molecule has 0 bridgehead atoms. The highest BCUT2D eigenvalue weighted by Crippen LogP contribution is 2.29. The molecule has 0 atom stereocenters. The van der Waals surface area contributed by atoms with Crippen LogP contribution >= 0.6 is 0 Å². The number of para-hydroxylation sites is 1. The molecule has 0 amide bonds. The third-order valence-corrected chi connectivity index (χ3v) is 2.81. The zero-order valence-electron chi connectivity index (χ0n) is 11.6. The van der Waals surface area contributed by atoms with Crippen molar-refractivity contribution >= 4 is 11.7 Å². The number of nitrogens with two attached hydrogens (primary N) is 1. The molecule has 0 aliphatic carbocycles. The number of anilines is 1. The molecule has 2 N–H and O–H groups in total. The van der Waals surface area contributed by atoms with Crippen LogP contribution in [0.2, 0.25) is 0 Å². The van der Waals surface area contributed by atoms with E-state index in [4.69, 9.17) is 15.2 Å². The van der Waals surface area contributed by atoms with E-state index in [0.29, 0.717) is 29.4 Å². The molecule has 0 aliphatic heterocycles. The van der Waals surface area contributed by atoms with Crippen molar-refractivity contribution in [3.63, 3.8) is 0 Å². The lowest BCUT2D eigenvalue weighted by Crippen LogP contribution is -2.07. The predicted octanol–water partition coefficient (Wildman–Crippen LogP) is 3.55. The average Bonchev–Trinajstić information content (AvgIpc) is 2.43. The molecule has 0 spiro atoms. The van der Waals surface area contributed by atoms with E-state index in [-0.39, 0.29) is 0 Å². The second kappa shape index (κ2) is 6.10. The number of aryl methyl sites for hydroxylation is 1. The van der Waals surface area contributed by atoms with Crippen molar-refractivity contribution in [2.45, 2.75) is 13.8 Å². The van der Waals surface area contributed by atoms with Gasteiger partial charge in [-0.25, -0.2) is 4.79 Å². The zero-order chi connectivity index (χ0) is 14.5. The molecule has 2 aromatic rings. The Morgan fingerprint density at radius 3 is 2.60 bits per heavy atom. The Morgan fingerprint density at radius 2 is 1.90 bits per heavy atom. The van der Waals surface area contributed by atoms with E-state index in [1.807, 2.05) is 31.2 Å². The molecule has 2 aromatic carbocycles. The summed E-state index contributed by atoms with van der Waals surface area (Å²) < 4.78 is 10.8. The topological polar surface area (TPSA) is 61.5 Å². The zero-order valence-corrected chi connectivity index (χ0v) is 11.6. The molecule has 0 aliphatic rings. The molecular weight excluding hydrogens is 254 g/mol. The smallest absolute Gasteiger partial charge is 0.342 e. The van der Waals surface area contributed by atoms with Crippen molar-refractivity contribution in [1.82, 2.24) is 0 Å².